The lowest BCUT2D eigenvalue weighted by Gasteiger charge is -2.18. The third-order valence-corrected chi connectivity index (χ3v) is 2.22. The van der Waals surface area contributed by atoms with Crippen LogP contribution in [0.25, 0.3) is 0 Å². The monoisotopic (exact) mass is 225 g/mol. The summed E-state index contributed by atoms with van der Waals surface area (Å²) >= 11 is 0. The van der Waals surface area contributed by atoms with Gasteiger partial charge in [-0.05, 0) is 18.1 Å². The fourth-order valence-electron chi connectivity index (χ4n) is 1.45. The van der Waals surface area contributed by atoms with E-state index >= 15 is 0 Å². The highest BCUT2D eigenvalue weighted by molar-refractivity contribution is 5.95. The summed E-state index contributed by atoms with van der Waals surface area (Å²) in [5, 5.41) is 6.52. The van der Waals surface area contributed by atoms with Gasteiger partial charge in [0, 0.05) is 12.2 Å². The van der Waals surface area contributed by atoms with Crippen LogP contribution in [-0.4, -0.2) is 12.5 Å². The second-order valence-corrected chi connectivity index (χ2v) is 3.37. The maximum atomic E-state index is 4.40. The van der Waals surface area contributed by atoms with Crippen molar-refractivity contribution in [1.82, 2.24) is 5.32 Å². The summed E-state index contributed by atoms with van der Waals surface area (Å²) in [6.45, 7) is 3.88. The molecule has 0 radical (unpaired) electrons. The van der Waals surface area contributed by atoms with Crippen LogP contribution in [0, 0.1) is 0 Å². The third-order valence-electron chi connectivity index (χ3n) is 2.22. The maximum Gasteiger partial charge on any atom is 0.196 e. The van der Waals surface area contributed by atoms with Crippen LogP contribution in [-0.2, 0) is 6.54 Å². The van der Waals surface area contributed by atoms with Gasteiger partial charge in [-0.15, -0.1) is 12.4 Å². The minimum absolute atomic E-state index is 0. The number of rotatable bonds is 2. The van der Waals surface area contributed by atoms with Crippen molar-refractivity contribution in [1.29, 1.82) is 0 Å². The Morgan fingerprint density at radius 2 is 2.20 bits per heavy atom. The Balaban J connectivity index is 0.00000112. The van der Waals surface area contributed by atoms with E-state index in [2.05, 4.69) is 34.7 Å². The standard InChI is InChI=1S/C11H15N3.ClH/c1-2-7-12-11-13-8-9-5-3-4-6-10(9)14-11;/h3-6H,2,7-8H2,1H3,(H2,12,13,14);1H. The lowest BCUT2D eigenvalue weighted by Crippen LogP contribution is -2.33. The number of aliphatic imine (C=N–C) groups is 1. The van der Waals surface area contributed by atoms with E-state index in [1.54, 1.807) is 0 Å². The van der Waals surface area contributed by atoms with Gasteiger partial charge in [-0.25, -0.2) is 4.99 Å². The minimum Gasteiger partial charge on any atom is -0.356 e. The zero-order valence-corrected chi connectivity index (χ0v) is 9.60. The molecule has 1 aliphatic heterocycles. The summed E-state index contributed by atoms with van der Waals surface area (Å²) in [5.74, 6) is 0.894. The van der Waals surface area contributed by atoms with Crippen LogP contribution in [0.4, 0.5) is 5.69 Å². The Hall–Kier alpha value is -1.22. The Kier molecular flexibility index (Phi) is 4.43. The molecule has 2 N–H and O–H groups in total. The van der Waals surface area contributed by atoms with Gasteiger partial charge in [0.1, 0.15) is 0 Å². The van der Waals surface area contributed by atoms with Crippen molar-refractivity contribution in [2.75, 3.05) is 11.9 Å². The maximum absolute atomic E-state index is 4.40. The van der Waals surface area contributed by atoms with Crippen molar-refractivity contribution in [3.8, 4) is 0 Å². The Morgan fingerprint density at radius 3 is 3.00 bits per heavy atom. The van der Waals surface area contributed by atoms with Gasteiger partial charge in [-0.3, -0.25) is 0 Å². The third kappa shape index (κ3) is 2.86. The number of halogens is 1. The molecule has 0 aliphatic carbocycles. The first kappa shape index (κ1) is 11.9. The van der Waals surface area contributed by atoms with Crippen molar-refractivity contribution < 1.29 is 0 Å². The van der Waals surface area contributed by atoms with E-state index in [0.717, 1.165) is 25.5 Å². The molecule has 1 aliphatic rings. The highest BCUT2D eigenvalue weighted by Crippen LogP contribution is 2.18. The van der Waals surface area contributed by atoms with Crippen molar-refractivity contribution in [2.45, 2.75) is 19.9 Å². The molecule has 1 heterocycles. The average molecular weight is 226 g/mol. The summed E-state index contributed by atoms with van der Waals surface area (Å²) < 4.78 is 0. The number of benzene rings is 1. The van der Waals surface area contributed by atoms with Crippen LogP contribution in [0.15, 0.2) is 29.3 Å². The predicted octanol–water partition coefficient (Wildman–Crippen LogP) is 2.39. The van der Waals surface area contributed by atoms with Crippen LogP contribution in [0.5, 0.6) is 0 Å². The molecule has 82 valence electrons. The molecule has 1 aromatic rings. The van der Waals surface area contributed by atoms with Gasteiger partial charge >= 0.3 is 0 Å². The van der Waals surface area contributed by atoms with Crippen LogP contribution in [0.3, 0.4) is 0 Å². The zero-order valence-electron chi connectivity index (χ0n) is 8.79. The van der Waals surface area contributed by atoms with Crippen LogP contribution in [0.1, 0.15) is 18.9 Å². The SMILES string of the molecule is CCCNC1=NCc2ccccc2N1.Cl. The molecule has 2 rings (SSSR count). The van der Waals surface area contributed by atoms with E-state index in [4.69, 9.17) is 0 Å². The predicted molar refractivity (Wildman–Crippen MR) is 66.7 cm³/mol. The van der Waals surface area contributed by atoms with E-state index in [0.29, 0.717) is 0 Å². The van der Waals surface area contributed by atoms with Crippen LogP contribution < -0.4 is 10.6 Å². The Labute approximate surface area is 96.4 Å². The number of para-hydroxylation sites is 1. The van der Waals surface area contributed by atoms with Gasteiger partial charge in [0.15, 0.2) is 5.96 Å². The highest BCUT2D eigenvalue weighted by atomic mass is 35.5. The minimum atomic E-state index is 0. The number of fused-ring (bicyclic) bond motifs is 1. The number of guanidine groups is 1. The second kappa shape index (κ2) is 5.61. The molecule has 0 amide bonds. The van der Waals surface area contributed by atoms with Crippen molar-refractivity contribution >= 4 is 24.1 Å². The average Bonchev–Trinajstić information content (AvgIpc) is 2.26. The molecule has 0 spiro atoms. The first-order chi connectivity index (χ1) is 6.90. The molecule has 0 atom stereocenters. The van der Waals surface area contributed by atoms with Gasteiger partial charge in [-0.2, -0.15) is 0 Å². The molecule has 0 unspecified atom stereocenters. The fourth-order valence-corrected chi connectivity index (χ4v) is 1.45. The molecule has 3 nitrogen and oxygen atoms in total. The van der Waals surface area contributed by atoms with Crippen LogP contribution >= 0.6 is 12.4 Å². The lowest BCUT2D eigenvalue weighted by atomic mass is 10.1. The second-order valence-electron chi connectivity index (χ2n) is 3.37. The van der Waals surface area contributed by atoms with Crippen molar-refractivity contribution in [2.24, 2.45) is 4.99 Å². The lowest BCUT2D eigenvalue weighted by molar-refractivity contribution is 0.826. The highest BCUT2D eigenvalue weighted by Gasteiger charge is 2.08. The quantitative estimate of drug-likeness (QED) is 0.811. The molecule has 4 heteroatoms. The number of hydrogen-bond acceptors (Lipinski definition) is 3. The van der Waals surface area contributed by atoms with E-state index in [-0.39, 0.29) is 12.4 Å². The molecule has 0 saturated carbocycles. The fraction of sp³-hybridized carbons (Fsp3) is 0.364. The smallest absolute Gasteiger partial charge is 0.196 e. The van der Waals surface area contributed by atoms with Gasteiger partial charge in [0.2, 0.25) is 0 Å². The number of nitrogens with one attached hydrogen (secondary N) is 2. The summed E-state index contributed by atoms with van der Waals surface area (Å²) in [6, 6.07) is 8.26. The number of hydrogen-bond donors (Lipinski definition) is 2. The van der Waals surface area contributed by atoms with E-state index in [1.807, 2.05) is 12.1 Å². The first-order valence-electron chi connectivity index (χ1n) is 5.03. The van der Waals surface area contributed by atoms with E-state index in [9.17, 15) is 0 Å². The Bertz CT molecular complexity index is 349. The summed E-state index contributed by atoms with van der Waals surface area (Å²) in [6.07, 6.45) is 1.11. The van der Waals surface area contributed by atoms with Gasteiger partial charge in [0.05, 0.1) is 6.54 Å². The molecule has 0 saturated heterocycles. The molecule has 15 heavy (non-hydrogen) atoms. The molecule has 0 aromatic heterocycles. The zero-order chi connectivity index (χ0) is 9.80. The van der Waals surface area contributed by atoms with E-state index in [1.165, 1.54) is 11.3 Å². The molecular formula is C11H16ClN3. The molecular weight excluding hydrogens is 210 g/mol. The molecule has 0 bridgehead atoms. The van der Waals surface area contributed by atoms with Crippen LogP contribution in [0.2, 0.25) is 0 Å². The largest absolute Gasteiger partial charge is 0.356 e. The van der Waals surface area contributed by atoms with Crippen molar-refractivity contribution in [3.63, 3.8) is 0 Å². The molecule has 1 aromatic carbocycles. The van der Waals surface area contributed by atoms with Gasteiger partial charge < -0.3 is 10.6 Å². The van der Waals surface area contributed by atoms with E-state index < -0.39 is 0 Å². The van der Waals surface area contributed by atoms with Crippen molar-refractivity contribution in [3.05, 3.63) is 29.8 Å². The summed E-state index contributed by atoms with van der Waals surface area (Å²) in [5.41, 5.74) is 2.43. The number of nitrogens with zero attached hydrogens (tertiary/aromatic N) is 1. The first-order valence-corrected chi connectivity index (χ1v) is 5.03. The normalized spacial score (nSPS) is 13.0. The van der Waals surface area contributed by atoms with Gasteiger partial charge in [0.25, 0.3) is 0 Å². The summed E-state index contributed by atoms with van der Waals surface area (Å²) in [7, 11) is 0. The summed E-state index contributed by atoms with van der Waals surface area (Å²) in [4.78, 5) is 4.40. The Morgan fingerprint density at radius 1 is 1.40 bits per heavy atom. The van der Waals surface area contributed by atoms with Gasteiger partial charge in [-0.1, -0.05) is 25.1 Å². The molecule has 0 fully saturated rings. The topological polar surface area (TPSA) is 36.4 Å². The number of anilines is 1.